The second kappa shape index (κ2) is 26.7. The Bertz CT molecular complexity index is 5820. The molecule has 8 aromatic carbocycles. The second-order valence-electron chi connectivity index (χ2n) is 26.2. The summed E-state index contributed by atoms with van der Waals surface area (Å²) >= 11 is 0. The van der Waals surface area contributed by atoms with Crippen molar-refractivity contribution in [2.75, 3.05) is 0 Å². The maximum atomic E-state index is 6.24. The molecule has 0 amide bonds. The van der Waals surface area contributed by atoms with Gasteiger partial charge >= 0.3 is 0 Å². The highest BCUT2D eigenvalue weighted by molar-refractivity contribution is 6.23. The number of nitrogens with one attached hydrogen (secondary N) is 3. The summed E-state index contributed by atoms with van der Waals surface area (Å²) in [6, 6.07) is 85.7. The molecule has 0 radical (unpaired) electrons. The summed E-state index contributed by atoms with van der Waals surface area (Å²) in [6.07, 6.45) is 6.10. The molecule has 0 unspecified atom stereocenters. The molecule has 3 N–H and O–H groups in total. The molecule has 0 atom stereocenters. The summed E-state index contributed by atoms with van der Waals surface area (Å²) in [5.74, 6) is 0. The zero-order valence-electron chi connectivity index (χ0n) is 58.4. The first kappa shape index (κ1) is 63.3. The number of hydrogen-bond donors (Lipinski definition) is 3. The largest absolute Gasteiger partial charge is 0.354 e. The fraction of sp³-hybridized carbons (Fsp3) is 0.174. The number of aromatic amines is 3. The SMILES string of the molecule is CCC1=C(CC)c2nc1c(-c1ccccc1)c1n[nH]c(c(-c3ccccc3)c3nc(c(-c4ccccc4)c4[nH]c(c(CC)c4CC)c(-c4ccccc4)c4nn5c6ccccc6c(c6[nH]c(c(CC)c6CC)c2-c2ccccc2)c5c4-c2ccccc2)C(CC)=C3CC)c1-c1ccccc1. The number of hydrogen-bond acceptors (Lipinski definition) is 4. The molecule has 0 saturated heterocycles. The van der Waals surface area contributed by atoms with Crippen molar-refractivity contribution in [3.05, 3.63) is 282 Å². The number of para-hydroxylation sites is 1. The smallest absolute Gasteiger partial charge is 0.104 e. The molecule has 6 aromatic heterocycles. The molecule has 14 aromatic rings. The number of allylic oxidation sites excluding steroid dienone is 4. The molecular formula is C92H82N8. The van der Waals surface area contributed by atoms with E-state index in [1.165, 1.54) is 44.5 Å². The van der Waals surface area contributed by atoms with E-state index in [1.807, 2.05) is 0 Å². The summed E-state index contributed by atoms with van der Waals surface area (Å²) in [6.45, 7) is 18.5. The highest BCUT2D eigenvalue weighted by Gasteiger charge is 2.33. The molecule has 0 fully saturated rings. The number of aromatic nitrogens is 8. The van der Waals surface area contributed by atoms with Gasteiger partial charge in [0, 0.05) is 49.7 Å². The van der Waals surface area contributed by atoms with Crippen molar-refractivity contribution >= 4 is 82.7 Å². The fourth-order valence-electron chi connectivity index (χ4n) is 16.7. The summed E-state index contributed by atoms with van der Waals surface area (Å²) in [5, 5.41) is 17.9. The molecule has 490 valence electrons. The number of rotatable bonds is 15. The first-order chi connectivity index (χ1) is 49.4. The van der Waals surface area contributed by atoms with Crippen molar-refractivity contribution < 1.29 is 0 Å². The Hall–Kier alpha value is -11.5. The van der Waals surface area contributed by atoms with E-state index in [0.29, 0.717) is 0 Å². The van der Waals surface area contributed by atoms with Gasteiger partial charge in [-0.2, -0.15) is 10.2 Å². The molecule has 8 heteroatoms. The number of H-pyrrole nitrogens is 3. The van der Waals surface area contributed by atoms with Crippen molar-refractivity contribution in [1.82, 2.24) is 39.7 Å². The Kier molecular flexibility index (Phi) is 16.9. The van der Waals surface area contributed by atoms with Gasteiger partial charge in [0.05, 0.1) is 61.4 Å². The zero-order chi connectivity index (χ0) is 68.1. The molecule has 0 aliphatic carbocycles. The van der Waals surface area contributed by atoms with Crippen LogP contribution in [0.3, 0.4) is 0 Å². The molecule has 100 heavy (non-hydrogen) atoms. The highest BCUT2D eigenvalue weighted by Crippen LogP contribution is 2.52. The van der Waals surface area contributed by atoms with Gasteiger partial charge in [-0.25, -0.2) is 14.5 Å². The zero-order valence-corrected chi connectivity index (χ0v) is 58.4. The van der Waals surface area contributed by atoms with Crippen molar-refractivity contribution in [1.29, 1.82) is 0 Å². The van der Waals surface area contributed by atoms with Crippen LogP contribution < -0.4 is 0 Å². The van der Waals surface area contributed by atoms with Gasteiger partial charge in [0.15, 0.2) is 0 Å². The van der Waals surface area contributed by atoms with Gasteiger partial charge < -0.3 is 9.97 Å². The van der Waals surface area contributed by atoms with Crippen LogP contribution in [-0.4, -0.2) is 39.7 Å². The molecule has 0 spiro atoms. The lowest BCUT2D eigenvalue weighted by Gasteiger charge is -2.12. The minimum absolute atomic E-state index is 0.743. The quantitative estimate of drug-likeness (QED) is 0.0951. The van der Waals surface area contributed by atoms with E-state index in [9.17, 15) is 0 Å². The van der Waals surface area contributed by atoms with E-state index in [4.69, 9.17) is 20.2 Å². The van der Waals surface area contributed by atoms with Gasteiger partial charge in [-0.3, -0.25) is 5.10 Å². The predicted octanol–water partition coefficient (Wildman–Crippen LogP) is 24.6. The lowest BCUT2D eigenvalue weighted by Crippen LogP contribution is -1.93. The van der Waals surface area contributed by atoms with Gasteiger partial charge in [-0.1, -0.05) is 286 Å². The second-order valence-corrected chi connectivity index (χ2v) is 26.2. The molecule has 8 heterocycles. The van der Waals surface area contributed by atoms with Crippen LogP contribution in [-0.2, 0) is 25.7 Å². The van der Waals surface area contributed by atoms with Crippen LogP contribution in [0.25, 0.3) is 161 Å². The highest BCUT2D eigenvalue weighted by atomic mass is 15.2. The van der Waals surface area contributed by atoms with Crippen LogP contribution in [0.5, 0.6) is 0 Å². The minimum atomic E-state index is 0.743. The average molecular weight is 1300 g/mol. The Morgan fingerprint density at radius 3 is 0.970 bits per heavy atom. The van der Waals surface area contributed by atoms with Gasteiger partial charge in [0.2, 0.25) is 0 Å². The maximum absolute atomic E-state index is 6.24. The van der Waals surface area contributed by atoms with Crippen LogP contribution in [0.1, 0.15) is 126 Å². The average Bonchev–Trinajstić information content (AvgIpc) is 1.55. The van der Waals surface area contributed by atoms with Gasteiger partial charge in [0.1, 0.15) is 11.0 Å². The number of aryl methyl sites for hydroxylation is 4. The van der Waals surface area contributed by atoms with Crippen LogP contribution in [0.4, 0.5) is 0 Å². The molecular weight excluding hydrogens is 1220 g/mol. The van der Waals surface area contributed by atoms with Gasteiger partial charge in [-0.05, 0) is 141 Å². The Labute approximate surface area is 585 Å². The number of fused-ring (bicyclic) bond motifs is 15. The molecule has 2 aliphatic rings. The third-order valence-corrected chi connectivity index (χ3v) is 21.0. The summed E-state index contributed by atoms with van der Waals surface area (Å²) in [5.41, 5.74) is 37.4. The minimum Gasteiger partial charge on any atom is -0.354 e. The molecule has 12 bridgehead atoms. The lowest BCUT2D eigenvalue weighted by atomic mass is 9.89. The molecule has 16 rings (SSSR count). The normalized spacial score (nSPS) is 12.4. The predicted molar refractivity (Wildman–Crippen MR) is 422 cm³/mol. The van der Waals surface area contributed by atoms with E-state index in [-0.39, 0.29) is 0 Å². The van der Waals surface area contributed by atoms with Crippen molar-refractivity contribution in [3.8, 4) is 77.9 Å². The fourth-order valence-corrected chi connectivity index (χ4v) is 16.7. The summed E-state index contributed by atoms with van der Waals surface area (Å²) in [4.78, 5) is 21.3. The molecule has 0 saturated carbocycles. The van der Waals surface area contributed by atoms with Crippen LogP contribution in [0.2, 0.25) is 0 Å². The van der Waals surface area contributed by atoms with E-state index < -0.39 is 0 Å². The van der Waals surface area contributed by atoms with Crippen LogP contribution in [0.15, 0.2) is 237 Å². The third-order valence-electron chi connectivity index (χ3n) is 21.0. The molecule has 8 nitrogen and oxygen atoms in total. The number of nitrogens with zero attached hydrogens (tertiary/aromatic N) is 5. The van der Waals surface area contributed by atoms with Gasteiger partial charge in [0.25, 0.3) is 0 Å². The van der Waals surface area contributed by atoms with E-state index >= 15 is 0 Å². The summed E-state index contributed by atoms with van der Waals surface area (Å²) < 4.78 is 2.27. The Balaban J connectivity index is 1.26. The summed E-state index contributed by atoms with van der Waals surface area (Å²) in [7, 11) is 0. The Morgan fingerprint density at radius 1 is 0.280 bits per heavy atom. The topological polar surface area (TPSA) is 103 Å². The molecule has 2 aliphatic heterocycles. The van der Waals surface area contributed by atoms with Crippen LogP contribution >= 0.6 is 0 Å². The third kappa shape index (κ3) is 10.2. The van der Waals surface area contributed by atoms with E-state index in [2.05, 4.69) is 312 Å². The van der Waals surface area contributed by atoms with E-state index in [0.717, 1.165) is 212 Å². The number of benzene rings is 8. The first-order valence-corrected chi connectivity index (χ1v) is 36.1. The monoisotopic (exact) mass is 1300 g/mol. The van der Waals surface area contributed by atoms with Crippen molar-refractivity contribution in [2.24, 2.45) is 0 Å². The maximum Gasteiger partial charge on any atom is 0.104 e. The van der Waals surface area contributed by atoms with Crippen molar-refractivity contribution in [3.63, 3.8) is 0 Å². The van der Waals surface area contributed by atoms with E-state index in [1.54, 1.807) is 0 Å². The lowest BCUT2D eigenvalue weighted by molar-refractivity contribution is 1.04. The van der Waals surface area contributed by atoms with Gasteiger partial charge in [-0.15, -0.1) is 0 Å². The van der Waals surface area contributed by atoms with Crippen molar-refractivity contribution in [2.45, 2.75) is 107 Å². The first-order valence-electron chi connectivity index (χ1n) is 36.1. The Morgan fingerprint density at radius 2 is 0.580 bits per heavy atom. The van der Waals surface area contributed by atoms with Crippen LogP contribution in [0, 0.1) is 0 Å². The standard InChI is InChI=1S/C92H82N8/c1-9-63-66(12-4)85-75(58-44-28-19-29-45-58)89-78(61-50-34-22-35-51-61)90(98-97-89)76(59-46-30-20-31-47-59)86-67(13-5)64(10-2)82(94-86)74(57-42-26-18-27-43-57)84-69(15-7)70(16-8)88(96-84)80-71-54-38-39-55-72(71)100-92(80)79(62-52-36-23-37-53-62)91(99-100)77(60-48-32-21-33-49-60)87-68(14-6)65(11-3)83(95-87)73(81(63)93-85)56-40-24-17-25-41-56/h17-55,95-96H,9-16H2,1-8H3,(H,97,98).